The van der Waals surface area contributed by atoms with Gasteiger partial charge in [0.15, 0.2) is 6.61 Å². The Balaban J connectivity index is 1.37. The highest BCUT2D eigenvalue weighted by molar-refractivity contribution is 5.77. The number of hydrogen-bond donors (Lipinski definition) is 0. The smallest absolute Gasteiger partial charge is 0.260 e. The molecule has 0 unspecified atom stereocenters. The number of benzene rings is 1. The summed E-state index contributed by atoms with van der Waals surface area (Å²) in [4.78, 5) is 21.1. The van der Waals surface area contributed by atoms with Crippen molar-refractivity contribution in [2.24, 2.45) is 0 Å². The Labute approximate surface area is 166 Å². The van der Waals surface area contributed by atoms with Crippen molar-refractivity contribution in [1.82, 2.24) is 19.4 Å². The molecular formula is C21H30N4O3. The topological polar surface area (TPSA) is 59.8 Å². The lowest BCUT2D eigenvalue weighted by atomic mass is 10.3. The standard InChI is InChI=1S/C21H30N4O3/c1-3-20-22-9-10-24(20)14-11-23-12-15-25(16-13-23)21(26)17-28-19-7-5-18(6-8-19)27-4-2/h5-10H,3-4,11-17H2,1-2H3. The molecule has 2 heterocycles. The first kappa shape index (κ1) is 20.2. The Bertz CT molecular complexity index is 736. The fourth-order valence-electron chi connectivity index (χ4n) is 3.36. The average Bonchev–Trinajstić information content (AvgIpc) is 3.20. The number of amides is 1. The minimum atomic E-state index is 0.0383. The summed E-state index contributed by atoms with van der Waals surface area (Å²) in [6.07, 6.45) is 4.85. The van der Waals surface area contributed by atoms with E-state index < -0.39 is 0 Å². The Morgan fingerprint density at radius 1 is 1.00 bits per heavy atom. The second-order valence-corrected chi connectivity index (χ2v) is 6.81. The SMILES string of the molecule is CCOc1ccc(OCC(=O)N2CCN(CCn3ccnc3CC)CC2)cc1. The average molecular weight is 386 g/mol. The summed E-state index contributed by atoms with van der Waals surface area (Å²) in [5, 5.41) is 0. The Hall–Kier alpha value is -2.54. The molecule has 7 nitrogen and oxygen atoms in total. The van der Waals surface area contributed by atoms with E-state index in [9.17, 15) is 4.79 Å². The molecule has 1 aliphatic rings. The van der Waals surface area contributed by atoms with Crippen LogP contribution in [0.2, 0.25) is 0 Å². The molecule has 1 aliphatic heterocycles. The Morgan fingerprint density at radius 2 is 1.68 bits per heavy atom. The van der Waals surface area contributed by atoms with Crippen molar-refractivity contribution in [2.75, 3.05) is 45.9 Å². The van der Waals surface area contributed by atoms with Crippen LogP contribution in [0.15, 0.2) is 36.7 Å². The summed E-state index contributed by atoms with van der Waals surface area (Å²) in [5.41, 5.74) is 0. The zero-order chi connectivity index (χ0) is 19.8. The van der Waals surface area contributed by atoms with Crippen LogP contribution in [0.4, 0.5) is 0 Å². The second-order valence-electron chi connectivity index (χ2n) is 6.81. The van der Waals surface area contributed by atoms with E-state index in [-0.39, 0.29) is 12.5 Å². The molecular weight excluding hydrogens is 356 g/mol. The molecule has 0 radical (unpaired) electrons. The number of ether oxygens (including phenoxy) is 2. The second kappa shape index (κ2) is 10.1. The monoisotopic (exact) mass is 386 g/mol. The van der Waals surface area contributed by atoms with Crippen molar-refractivity contribution < 1.29 is 14.3 Å². The lowest BCUT2D eigenvalue weighted by Gasteiger charge is -2.34. The van der Waals surface area contributed by atoms with Gasteiger partial charge < -0.3 is 18.9 Å². The molecule has 2 aromatic rings. The maximum Gasteiger partial charge on any atom is 0.260 e. The summed E-state index contributed by atoms with van der Waals surface area (Å²) in [7, 11) is 0. The molecule has 1 aromatic heterocycles. The van der Waals surface area contributed by atoms with E-state index in [2.05, 4.69) is 21.4 Å². The van der Waals surface area contributed by atoms with E-state index in [1.54, 1.807) is 0 Å². The largest absolute Gasteiger partial charge is 0.494 e. The molecule has 0 saturated carbocycles. The molecule has 1 fully saturated rings. The highest BCUT2D eigenvalue weighted by Crippen LogP contribution is 2.17. The van der Waals surface area contributed by atoms with Crippen LogP contribution in [0.25, 0.3) is 0 Å². The third-order valence-corrected chi connectivity index (χ3v) is 5.00. The van der Waals surface area contributed by atoms with Gasteiger partial charge >= 0.3 is 0 Å². The molecule has 0 spiro atoms. The van der Waals surface area contributed by atoms with Crippen LogP contribution >= 0.6 is 0 Å². The summed E-state index contributed by atoms with van der Waals surface area (Å²) >= 11 is 0. The summed E-state index contributed by atoms with van der Waals surface area (Å²) in [6.45, 7) is 9.98. The van der Waals surface area contributed by atoms with Gasteiger partial charge in [-0.15, -0.1) is 0 Å². The van der Waals surface area contributed by atoms with E-state index >= 15 is 0 Å². The molecule has 1 saturated heterocycles. The van der Waals surface area contributed by atoms with Gasteiger partial charge in [-0.25, -0.2) is 4.98 Å². The summed E-state index contributed by atoms with van der Waals surface area (Å²) < 4.78 is 13.3. The predicted molar refractivity (Wildman–Crippen MR) is 108 cm³/mol. The zero-order valence-corrected chi connectivity index (χ0v) is 16.8. The van der Waals surface area contributed by atoms with Crippen molar-refractivity contribution in [2.45, 2.75) is 26.8 Å². The van der Waals surface area contributed by atoms with Gasteiger partial charge in [0.25, 0.3) is 5.91 Å². The maximum atomic E-state index is 12.4. The van der Waals surface area contributed by atoms with E-state index in [0.29, 0.717) is 12.4 Å². The fourth-order valence-corrected chi connectivity index (χ4v) is 3.36. The van der Waals surface area contributed by atoms with E-state index in [1.165, 1.54) is 0 Å². The van der Waals surface area contributed by atoms with Gasteiger partial charge in [-0.2, -0.15) is 0 Å². The van der Waals surface area contributed by atoms with Crippen LogP contribution in [0.3, 0.4) is 0 Å². The molecule has 28 heavy (non-hydrogen) atoms. The van der Waals surface area contributed by atoms with Crippen molar-refractivity contribution >= 4 is 5.91 Å². The van der Waals surface area contributed by atoms with Gasteiger partial charge in [0.2, 0.25) is 0 Å². The predicted octanol–water partition coefficient (Wildman–Crippen LogP) is 2.07. The van der Waals surface area contributed by atoms with Gasteiger partial charge in [0.1, 0.15) is 17.3 Å². The molecule has 3 rings (SSSR count). The van der Waals surface area contributed by atoms with Gasteiger partial charge in [0, 0.05) is 58.1 Å². The van der Waals surface area contributed by atoms with Crippen molar-refractivity contribution in [3.8, 4) is 11.5 Å². The van der Waals surface area contributed by atoms with E-state index in [4.69, 9.17) is 9.47 Å². The summed E-state index contributed by atoms with van der Waals surface area (Å²) in [5.74, 6) is 2.65. The minimum absolute atomic E-state index is 0.0383. The molecule has 0 aliphatic carbocycles. The van der Waals surface area contributed by atoms with Crippen LogP contribution in [-0.2, 0) is 17.8 Å². The lowest BCUT2D eigenvalue weighted by molar-refractivity contribution is -0.135. The van der Waals surface area contributed by atoms with Gasteiger partial charge in [-0.05, 0) is 31.2 Å². The zero-order valence-electron chi connectivity index (χ0n) is 16.8. The number of imidazole rings is 1. The number of carbonyl (C=O) groups excluding carboxylic acids is 1. The van der Waals surface area contributed by atoms with Crippen LogP contribution in [0, 0.1) is 0 Å². The minimum Gasteiger partial charge on any atom is -0.494 e. The molecule has 1 aromatic carbocycles. The number of piperazine rings is 1. The first-order valence-corrected chi connectivity index (χ1v) is 10.1. The van der Waals surface area contributed by atoms with Gasteiger partial charge in [-0.3, -0.25) is 9.69 Å². The van der Waals surface area contributed by atoms with E-state index in [1.807, 2.05) is 48.5 Å². The highest BCUT2D eigenvalue weighted by Gasteiger charge is 2.21. The Morgan fingerprint density at radius 3 is 2.32 bits per heavy atom. The molecule has 1 amide bonds. The number of hydrogen-bond acceptors (Lipinski definition) is 5. The van der Waals surface area contributed by atoms with Crippen LogP contribution in [0.1, 0.15) is 19.7 Å². The van der Waals surface area contributed by atoms with Crippen molar-refractivity contribution in [1.29, 1.82) is 0 Å². The number of aryl methyl sites for hydroxylation is 1. The number of nitrogens with zero attached hydrogens (tertiary/aromatic N) is 4. The summed E-state index contributed by atoms with van der Waals surface area (Å²) in [6, 6.07) is 7.37. The molecule has 0 atom stereocenters. The van der Waals surface area contributed by atoms with Crippen LogP contribution in [0.5, 0.6) is 11.5 Å². The first-order valence-electron chi connectivity index (χ1n) is 10.1. The lowest BCUT2D eigenvalue weighted by Crippen LogP contribution is -2.50. The third kappa shape index (κ3) is 5.48. The number of carbonyl (C=O) groups is 1. The molecule has 0 bridgehead atoms. The molecule has 7 heteroatoms. The highest BCUT2D eigenvalue weighted by atomic mass is 16.5. The van der Waals surface area contributed by atoms with Crippen LogP contribution < -0.4 is 9.47 Å². The molecule has 152 valence electrons. The fraction of sp³-hybridized carbons (Fsp3) is 0.524. The Kier molecular flexibility index (Phi) is 7.31. The van der Waals surface area contributed by atoms with Gasteiger partial charge in [0.05, 0.1) is 6.61 Å². The van der Waals surface area contributed by atoms with Gasteiger partial charge in [-0.1, -0.05) is 6.92 Å². The van der Waals surface area contributed by atoms with Crippen LogP contribution in [-0.4, -0.2) is 71.2 Å². The van der Waals surface area contributed by atoms with Crippen molar-refractivity contribution in [3.05, 3.63) is 42.5 Å². The normalized spacial score (nSPS) is 14.9. The number of rotatable bonds is 9. The maximum absolute atomic E-state index is 12.4. The van der Waals surface area contributed by atoms with Crippen molar-refractivity contribution in [3.63, 3.8) is 0 Å². The quantitative estimate of drug-likeness (QED) is 0.660. The molecule has 0 N–H and O–H groups in total. The van der Waals surface area contributed by atoms with E-state index in [0.717, 1.165) is 57.3 Å². The first-order chi connectivity index (χ1) is 13.7. The third-order valence-electron chi connectivity index (χ3n) is 5.00. The number of aromatic nitrogens is 2.